The molecular weight excluding hydrogens is 294 g/mol. The Morgan fingerprint density at radius 2 is 1.84 bits per heavy atom. The van der Waals surface area contributed by atoms with Crippen LogP contribution in [-0.2, 0) is 6.18 Å². The minimum absolute atomic E-state index is 0.0949. The third kappa shape index (κ3) is 5.09. The van der Waals surface area contributed by atoms with Crippen molar-refractivity contribution in [1.82, 2.24) is 9.97 Å². The minimum Gasteiger partial charge on any atom is -0.228 e. The zero-order valence-electron chi connectivity index (χ0n) is 9.56. The molecule has 0 unspecified atom stereocenters. The summed E-state index contributed by atoms with van der Waals surface area (Å²) in [6.45, 7) is 1.35. The highest BCUT2D eigenvalue weighted by atomic mass is 32.2. The Hall–Kier alpha value is -1.25. The molecule has 0 aliphatic rings. The normalized spacial score (nSPS) is 11.5. The van der Waals surface area contributed by atoms with E-state index in [1.54, 1.807) is 0 Å². The summed E-state index contributed by atoms with van der Waals surface area (Å²) < 4.78 is 73.3. The molecule has 19 heavy (non-hydrogen) atoms. The van der Waals surface area contributed by atoms with Crippen molar-refractivity contribution in [3.8, 4) is 0 Å². The largest absolute Gasteiger partial charge is 0.433 e. The summed E-state index contributed by atoms with van der Waals surface area (Å²) in [5.74, 6) is -1.76. The zero-order chi connectivity index (χ0) is 14.6. The Kier molecular flexibility index (Phi) is 5.21. The van der Waals surface area contributed by atoms with Crippen LogP contribution in [0.3, 0.4) is 0 Å². The lowest BCUT2D eigenvalue weighted by atomic mass is 10.3. The molecule has 0 saturated carbocycles. The van der Waals surface area contributed by atoms with Crippen LogP contribution < -0.4 is 0 Å². The molecule has 1 aromatic rings. The number of allylic oxidation sites excluding steroid dienone is 1. The molecule has 0 bridgehead atoms. The highest BCUT2D eigenvalue weighted by molar-refractivity contribution is 7.99. The monoisotopic (exact) mass is 302 g/mol. The summed E-state index contributed by atoms with van der Waals surface area (Å²) in [6, 6.07) is 0.770. The van der Waals surface area contributed by atoms with Crippen molar-refractivity contribution in [3.63, 3.8) is 0 Å². The number of thioether (sulfide) groups is 1. The molecule has 0 saturated heterocycles. The highest BCUT2D eigenvalue weighted by Crippen LogP contribution is 2.29. The van der Waals surface area contributed by atoms with Gasteiger partial charge in [-0.2, -0.15) is 22.0 Å². The molecule has 106 valence electrons. The van der Waals surface area contributed by atoms with E-state index < -0.39 is 30.2 Å². The first-order valence-corrected chi connectivity index (χ1v) is 5.94. The van der Waals surface area contributed by atoms with Gasteiger partial charge in [0.05, 0.1) is 0 Å². The number of halogens is 6. The molecule has 0 radical (unpaired) electrons. The Morgan fingerprint density at radius 1 is 1.21 bits per heavy atom. The van der Waals surface area contributed by atoms with Gasteiger partial charge in [0.1, 0.15) is 5.69 Å². The van der Waals surface area contributed by atoms with Gasteiger partial charge in [-0.25, -0.2) is 14.4 Å². The predicted octanol–water partition coefficient (Wildman–Crippen LogP) is 4.36. The van der Waals surface area contributed by atoms with Crippen molar-refractivity contribution >= 4 is 11.8 Å². The fourth-order valence-electron chi connectivity index (χ4n) is 1.08. The van der Waals surface area contributed by atoms with E-state index in [4.69, 9.17) is 0 Å². The van der Waals surface area contributed by atoms with Gasteiger partial charge in [0.2, 0.25) is 0 Å². The lowest BCUT2D eigenvalue weighted by molar-refractivity contribution is -0.141. The van der Waals surface area contributed by atoms with Crippen molar-refractivity contribution in [3.05, 3.63) is 29.4 Å². The number of hydrogen-bond acceptors (Lipinski definition) is 3. The second-order valence-corrected chi connectivity index (χ2v) is 4.50. The summed E-state index contributed by atoms with van der Waals surface area (Å²) in [7, 11) is 0. The van der Waals surface area contributed by atoms with E-state index in [0.717, 1.165) is 6.07 Å². The van der Waals surface area contributed by atoms with Crippen molar-refractivity contribution in [2.75, 3.05) is 5.75 Å². The number of nitrogens with zero attached hydrogens (tertiary/aromatic N) is 2. The number of aromatic nitrogens is 2. The lowest BCUT2D eigenvalue weighted by Gasteiger charge is -2.08. The van der Waals surface area contributed by atoms with Crippen LogP contribution in [0.2, 0.25) is 0 Å². The smallest absolute Gasteiger partial charge is 0.228 e. The molecule has 1 rings (SSSR count). The van der Waals surface area contributed by atoms with E-state index in [9.17, 15) is 26.3 Å². The summed E-state index contributed by atoms with van der Waals surface area (Å²) in [5, 5.41) is -0.223. The van der Waals surface area contributed by atoms with Gasteiger partial charge < -0.3 is 0 Å². The number of alkyl halides is 3. The fraction of sp³-hybridized carbons (Fsp3) is 0.400. The van der Waals surface area contributed by atoms with Crippen molar-refractivity contribution < 1.29 is 26.3 Å². The standard InChI is InChI=1S/C10H8F6N2S/c1-5-4-7(10(14,15)16)18-9(17-5)19-3-2-6(11)8(12)13/h4H,2-3H2,1H3. The van der Waals surface area contributed by atoms with Gasteiger partial charge in [0.15, 0.2) is 11.0 Å². The molecule has 2 nitrogen and oxygen atoms in total. The van der Waals surface area contributed by atoms with Gasteiger partial charge in [0, 0.05) is 17.9 Å². The fourth-order valence-corrected chi connectivity index (χ4v) is 1.91. The molecule has 0 fully saturated rings. The minimum atomic E-state index is -4.61. The van der Waals surface area contributed by atoms with Crippen LogP contribution in [0.1, 0.15) is 17.8 Å². The van der Waals surface area contributed by atoms with Crippen molar-refractivity contribution in [2.45, 2.75) is 24.7 Å². The van der Waals surface area contributed by atoms with Gasteiger partial charge in [0.25, 0.3) is 0 Å². The molecule has 9 heteroatoms. The maximum absolute atomic E-state index is 12.5. The quantitative estimate of drug-likeness (QED) is 0.469. The summed E-state index contributed by atoms with van der Waals surface area (Å²) in [5.41, 5.74) is -1.02. The predicted molar refractivity (Wildman–Crippen MR) is 57.5 cm³/mol. The molecule has 1 aromatic heterocycles. The van der Waals surface area contributed by atoms with Crippen LogP contribution in [0.4, 0.5) is 26.3 Å². The molecule has 0 amide bonds. The van der Waals surface area contributed by atoms with E-state index in [-0.39, 0.29) is 16.6 Å². The van der Waals surface area contributed by atoms with Gasteiger partial charge >= 0.3 is 12.3 Å². The summed E-state index contributed by atoms with van der Waals surface area (Å²) >= 11 is 0.681. The van der Waals surface area contributed by atoms with Crippen LogP contribution in [0.25, 0.3) is 0 Å². The zero-order valence-corrected chi connectivity index (χ0v) is 10.4. The Morgan fingerprint density at radius 3 is 2.37 bits per heavy atom. The second-order valence-electron chi connectivity index (χ2n) is 3.44. The third-order valence-corrected chi connectivity index (χ3v) is 2.73. The van der Waals surface area contributed by atoms with Crippen LogP contribution in [0, 0.1) is 6.92 Å². The van der Waals surface area contributed by atoms with Crippen LogP contribution in [0.5, 0.6) is 0 Å². The van der Waals surface area contributed by atoms with E-state index in [1.807, 2.05) is 0 Å². The third-order valence-electron chi connectivity index (χ3n) is 1.88. The second kappa shape index (κ2) is 6.27. The van der Waals surface area contributed by atoms with E-state index >= 15 is 0 Å². The summed E-state index contributed by atoms with van der Waals surface area (Å²) in [6.07, 6.45) is -7.63. The Balaban J connectivity index is 2.75. The van der Waals surface area contributed by atoms with Gasteiger partial charge in [-0.15, -0.1) is 0 Å². The van der Waals surface area contributed by atoms with Gasteiger partial charge in [-0.3, -0.25) is 0 Å². The first-order chi connectivity index (χ1) is 8.70. The molecule has 0 atom stereocenters. The number of aryl methyl sites for hydroxylation is 1. The molecule has 0 N–H and O–H groups in total. The molecule has 1 heterocycles. The molecule has 0 spiro atoms. The van der Waals surface area contributed by atoms with Gasteiger partial charge in [-0.05, 0) is 13.0 Å². The van der Waals surface area contributed by atoms with Crippen LogP contribution in [0.15, 0.2) is 23.1 Å². The SMILES string of the molecule is Cc1cc(C(F)(F)F)nc(SCCC(F)=C(F)F)n1. The highest BCUT2D eigenvalue weighted by Gasteiger charge is 2.33. The molecule has 0 aliphatic carbocycles. The Bertz CT molecular complexity index is 481. The van der Waals surface area contributed by atoms with E-state index in [2.05, 4.69) is 9.97 Å². The van der Waals surface area contributed by atoms with Crippen molar-refractivity contribution in [1.29, 1.82) is 0 Å². The maximum Gasteiger partial charge on any atom is 0.433 e. The first-order valence-electron chi connectivity index (χ1n) is 4.95. The van der Waals surface area contributed by atoms with E-state index in [0.29, 0.717) is 11.8 Å². The summed E-state index contributed by atoms with van der Waals surface area (Å²) in [4.78, 5) is 6.96. The van der Waals surface area contributed by atoms with E-state index in [1.165, 1.54) is 6.92 Å². The topological polar surface area (TPSA) is 25.8 Å². The Labute approximate surface area is 108 Å². The molecule has 0 aliphatic heterocycles. The van der Waals surface area contributed by atoms with Crippen LogP contribution >= 0.6 is 11.8 Å². The maximum atomic E-state index is 12.5. The lowest BCUT2D eigenvalue weighted by Crippen LogP contribution is -2.10. The first kappa shape index (κ1) is 15.8. The average Bonchev–Trinajstić information content (AvgIpc) is 2.26. The average molecular weight is 302 g/mol. The molecular formula is C10H8F6N2S. The van der Waals surface area contributed by atoms with Crippen LogP contribution in [-0.4, -0.2) is 15.7 Å². The number of rotatable bonds is 4. The molecule has 0 aromatic carbocycles. The van der Waals surface area contributed by atoms with Gasteiger partial charge in [-0.1, -0.05) is 11.8 Å². The van der Waals surface area contributed by atoms with Crippen molar-refractivity contribution in [2.24, 2.45) is 0 Å². The number of hydrogen-bond donors (Lipinski definition) is 0.